The molecule has 0 unspecified atom stereocenters. The molecule has 0 spiro atoms. The summed E-state index contributed by atoms with van der Waals surface area (Å²) in [5.41, 5.74) is 1.17. The fourth-order valence-electron chi connectivity index (χ4n) is 3.13. The Bertz CT molecular complexity index is 1270. The largest absolute Gasteiger partial charge is 0.457 e. The van der Waals surface area contributed by atoms with Crippen LogP contribution in [0.2, 0.25) is 0 Å². The number of fused-ring (bicyclic) bond motifs is 1. The van der Waals surface area contributed by atoms with Gasteiger partial charge >= 0.3 is 0 Å². The average Bonchev–Trinajstić information content (AvgIpc) is 2.79. The molecule has 0 atom stereocenters. The Morgan fingerprint density at radius 1 is 1.00 bits per heavy atom. The molecular weight excluding hydrogens is 410 g/mol. The van der Waals surface area contributed by atoms with Crippen LogP contribution >= 0.6 is 11.8 Å². The third-order valence-corrected chi connectivity index (χ3v) is 5.55. The molecule has 4 rings (SSSR count). The predicted molar refractivity (Wildman–Crippen MR) is 124 cm³/mol. The molecule has 1 amide bonds. The summed E-state index contributed by atoms with van der Waals surface area (Å²) < 4.78 is 7.40. The molecule has 0 aliphatic rings. The molecule has 156 valence electrons. The molecule has 4 aromatic rings. The number of ether oxygens (including phenoxy) is 1. The Hall–Kier alpha value is -3.58. The maximum Gasteiger partial charge on any atom is 0.262 e. The van der Waals surface area contributed by atoms with Crippen molar-refractivity contribution in [3.05, 3.63) is 89.2 Å². The Labute approximate surface area is 183 Å². The van der Waals surface area contributed by atoms with Crippen LogP contribution in [0.15, 0.2) is 88.8 Å². The number of amides is 1. The molecular formula is C24H21N3O3S. The second-order valence-corrected chi connectivity index (χ2v) is 7.68. The summed E-state index contributed by atoms with van der Waals surface area (Å²) in [6.07, 6.45) is 0. The fourth-order valence-corrected chi connectivity index (χ4v) is 3.99. The van der Waals surface area contributed by atoms with Crippen LogP contribution in [0.25, 0.3) is 10.9 Å². The molecule has 0 radical (unpaired) electrons. The summed E-state index contributed by atoms with van der Waals surface area (Å²) in [6.45, 7) is 2.37. The molecule has 31 heavy (non-hydrogen) atoms. The van der Waals surface area contributed by atoms with E-state index < -0.39 is 0 Å². The second-order valence-electron chi connectivity index (χ2n) is 6.74. The van der Waals surface area contributed by atoms with Gasteiger partial charge in [-0.2, -0.15) is 0 Å². The van der Waals surface area contributed by atoms with Crippen LogP contribution in [0, 0.1) is 0 Å². The molecule has 6 nitrogen and oxygen atoms in total. The van der Waals surface area contributed by atoms with Crippen LogP contribution in [0.4, 0.5) is 5.69 Å². The molecule has 0 bridgehead atoms. The number of carbonyl (C=O) groups excluding carboxylic acids is 1. The molecule has 1 aromatic heterocycles. The maximum atomic E-state index is 12.7. The van der Waals surface area contributed by atoms with Gasteiger partial charge in [-0.05, 0) is 43.3 Å². The van der Waals surface area contributed by atoms with Crippen molar-refractivity contribution in [3.63, 3.8) is 0 Å². The molecule has 0 aliphatic carbocycles. The number of nitrogens with one attached hydrogen (secondary N) is 1. The summed E-state index contributed by atoms with van der Waals surface area (Å²) in [6, 6.07) is 23.9. The normalized spacial score (nSPS) is 10.7. The lowest BCUT2D eigenvalue weighted by molar-refractivity contribution is -0.113. The van der Waals surface area contributed by atoms with Crippen molar-refractivity contribution in [2.24, 2.45) is 0 Å². The lowest BCUT2D eigenvalue weighted by Gasteiger charge is -2.11. The van der Waals surface area contributed by atoms with Crippen molar-refractivity contribution >= 4 is 34.3 Å². The predicted octanol–water partition coefficient (Wildman–Crippen LogP) is 4.94. The Kier molecular flexibility index (Phi) is 6.33. The average molecular weight is 432 g/mol. The molecule has 0 aliphatic heterocycles. The summed E-state index contributed by atoms with van der Waals surface area (Å²) in [5, 5.41) is 3.98. The number of hydrogen-bond acceptors (Lipinski definition) is 5. The minimum absolute atomic E-state index is 0.0956. The topological polar surface area (TPSA) is 73.2 Å². The van der Waals surface area contributed by atoms with Gasteiger partial charge in [-0.1, -0.05) is 48.2 Å². The van der Waals surface area contributed by atoms with E-state index >= 15 is 0 Å². The minimum Gasteiger partial charge on any atom is -0.457 e. The molecule has 0 saturated carbocycles. The summed E-state index contributed by atoms with van der Waals surface area (Å²) >= 11 is 1.24. The van der Waals surface area contributed by atoms with E-state index in [2.05, 4.69) is 10.3 Å². The third-order valence-electron chi connectivity index (χ3n) is 4.57. The summed E-state index contributed by atoms with van der Waals surface area (Å²) in [4.78, 5) is 29.8. The van der Waals surface area contributed by atoms with E-state index in [9.17, 15) is 9.59 Å². The van der Waals surface area contributed by atoms with Crippen molar-refractivity contribution in [1.82, 2.24) is 9.55 Å². The van der Waals surface area contributed by atoms with Crippen LogP contribution in [0.5, 0.6) is 11.5 Å². The molecule has 7 heteroatoms. The summed E-state index contributed by atoms with van der Waals surface area (Å²) in [5.74, 6) is 1.30. The lowest BCUT2D eigenvalue weighted by atomic mass is 10.2. The minimum atomic E-state index is -0.188. The zero-order valence-electron chi connectivity index (χ0n) is 16.9. The fraction of sp³-hybridized carbons (Fsp3) is 0.125. The van der Waals surface area contributed by atoms with Crippen LogP contribution in [0.3, 0.4) is 0 Å². The van der Waals surface area contributed by atoms with E-state index in [1.54, 1.807) is 28.8 Å². The number of aromatic nitrogens is 2. The first-order valence-electron chi connectivity index (χ1n) is 9.89. The standard InChI is InChI=1S/C24H21N3O3S/c1-2-27-23(29)20-13-6-7-14-21(20)26-24(27)31-16-22(28)25-17-9-8-12-19(15-17)30-18-10-4-3-5-11-18/h3-15H,2,16H2,1H3,(H,25,28). The molecule has 1 heterocycles. The first-order chi connectivity index (χ1) is 15.1. The van der Waals surface area contributed by atoms with Gasteiger partial charge in [0.2, 0.25) is 5.91 Å². The van der Waals surface area contributed by atoms with Gasteiger partial charge in [-0.25, -0.2) is 4.98 Å². The third kappa shape index (κ3) is 4.95. The Morgan fingerprint density at radius 2 is 1.74 bits per heavy atom. The zero-order chi connectivity index (χ0) is 21.6. The van der Waals surface area contributed by atoms with E-state index in [0.717, 1.165) is 5.75 Å². The molecule has 0 saturated heterocycles. The van der Waals surface area contributed by atoms with Gasteiger partial charge in [0.15, 0.2) is 5.16 Å². The SMILES string of the molecule is CCn1c(SCC(=O)Nc2cccc(Oc3ccccc3)c2)nc2ccccc2c1=O. The van der Waals surface area contributed by atoms with Crippen LogP contribution < -0.4 is 15.6 Å². The van der Waals surface area contributed by atoms with Gasteiger partial charge in [0.1, 0.15) is 11.5 Å². The van der Waals surface area contributed by atoms with E-state index in [0.29, 0.717) is 34.0 Å². The molecule has 0 fully saturated rings. The highest BCUT2D eigenvalue weighted by Crippen LogP contribution is 2.24. The number of benzene rings is 3. The highest BCUT2D eigenvalue weighted by Gasteiger charge is 2.12. The highest BCUT2D eigenvalue weighted by atomic mass is 32.2. The number of rotatable bonds is 7. The number of para-hydroxylation sites is 2. The van der Waals surface area contributed by atoms with Crippen molar-refractivity contribution in [3.8, 4) is 11.5 Å². The highest BCUT2D eigenvalue weighted by molar-refractivity contribution is 7.99. The van der Waals surface area contributed by atoms with Crippen molar-refractivity contribution in [2.75, 3.05) is 11.1 Å². The van der Waals surface area contributed by atoms with E-state index in [-0.39, 0.29) is 17.2 Å². The van der Waals surface area contributed by atoms with Gasteiger partial charge in [0.25, 0.3) is 5.56 Å². The quantitative estimate of drug-likeness (QED) is 0.331. The zero-order valence-corrected chi connectivity index (χ0v) is 17.8. The monoisotopic (exact) mass is 431 g/mol. The van der Waals surface area contributed by atoms with Crippen molar-refractivity contribution in [1.29, 1.82) is 0 Å². The lowest BCUT2D eigenvalue weighted by Crippen LogP contribution is -2.23. The Balaban J connectivity index is 1.44. The summed E-state index contributed by atoms with van der Waals surface area (Å²) in [7, 11) is 0. The van der Waals surface area contributed by atoms with Crippen molar-refractivity contribution in [2.45, 2.75) is 18.6 Å². The van der Waals surface area contributed by atoms with Gasteiger partial charge < -0.3 is 10.1 Å². The smallest absolute Gasteiger partial charge is 0.262 e. The van der Waals surface area contributed by atoms with E-state index in [1.807, 2.05) is 61.5 Å². The van der Waals surface area contributed by atoms with Crippen molar-refractivity contribution < 1.29 is 9.53 Å². The van der Waals surface area contributed by atoms with Gasteiger partial charge in [0, 0.05) is 18.3 Å². The van der Waals surface area contributed by atoms with Gasteiger partial charge in [-0.15, -0.1) is 0 Å². The number of anilines is 1. The number of carbonyl (C=O) groups is 1. The second kappa shape index (κ2) is 9.49. The van der Waals surface area contributed by atoms with E-state index in [1.165, 1.54) is 11.8 Å². The number of hydrogen-bond donors (Lipinski definition) is 1. The van der Waals surface area contributed by atoms with Gasteiger partial charge in [-0.3, -0.25) is 14.2 Å². The van der Waals surface area contributed by atoms with Crippen LogP contribution in [-0.2, 0) is 11.3 Å². The van der Waals surface area contributed by atoms with Gasteiger partial charge in [0.05, 0.1) is 16.7 Å². The Morgan fingerprint density at radius 3 is 2.55 bits per heavy atom. The first kappa shape index (κ1) is 20.7. The molecule has 3 aromatic carbocycles. The van der Waals surface area contributed by atoms with Crippen LogP contribution in [0.1, 0.15) is 6.92 Å². The number of thioether (sulfide) groups is 1. The van der Waals surface area contributed by atoms with E-state index in [4.69, 9.17) is 4.74 Å². The van der Waals surface area contributed by atoms with Crippen LogP contribution in [-0.4, -0.2) is 21.2 Å². The first-order valence-corrected chi connectivity index (χ1v) is 10.9. The number of nitrogens with zero attached hydrogens (tertiary/aromatic N) is 2. The maximum absolute atomic E-state index is 12.7. The molecule has 1 N–H and O–H groups in total.